The van der Waals surface area contributed by atoms with Crippen LogP contribution in [0.25, 0.3) is 11.1 Å². The molecule has 2 aromatic carbocycles. The van der Waals surface area contributed by atoms with Crippen LogP contribution in [0, 0.1) is 5.92 Å². The second-order valence-corrected chi connectivity index (χ2v) is 9.57. The van der Waals surface area contributed by atoms with Gasteiger partial charge in [0.2, 0.25) is 5.91 Å². The number of benzene rings is 2. The lowest BCUT2D eigenvalue weighted by atomic mass is 9.98. The van der Waals surface area contributed by atoms with Gasteiger partial charge in [-0.05, 0) is 35.1 Å². The molecule has 1 aliphatic rings. The highest BCUT2D eigenvalue weighted by molar-refractivity contribution is 7.09. The van der Waals surface area contributed by atoms with Crippen LogP contribution < -0.4 is 10.6 Å². The number of thiazole rings is 1. The Morgan fingerprint density at radius 2 is 1.69 bits per heavy atom. The van der Waals surface area contributed by atoms with E-state index in [1.54, 1.807) is 6.92 Å². The van der Waals surface area contributed by atoms with Crippen molar-refractivity contribution in [3.63, 3.8) is 0 Å². The first-order chi connectivity index (χ1) is 16.8. The molecular weight excluding hydrogens is 466 g/mol. The van der Waals surface area contributed by atoms with E-state index in [1.165, 1.54) is 27.8 Å². The second kappa shape index (κ2) is 10.7. The molecule has 182 valence electrons. The topological polar surface area (TPSA) is 118 Å². The predicted molar refractivity (Wildman–Crippen MR) is 132 cm³/mol. The average Bonchev–Trinajstić information content (AvgIpc) is 3.45. The third-order valence-corrected chi connectivity index (χ3v) is 6.99. The monoisotopic (exact) mass is 493 g/mol. The third kappa shape index (κ3) is 5.68. The zero-order chi connectivity index (χ0) is 24.9. The van der Waals surface area contributed by atoms with E-state index in [0.717, 1.165) is 11.1 Å². The van der Waals surface area contributed by atoms with Crippen molar-refractivity contribution in [2.24, 2.45) is 5.92 Å². The largest absolute Gasteiger partial charge is 0.476 e. The maximum Gasteiger partial charge on any atom is 0.407 e. The van der Waals surface area contributed by atoms with E-state index in [-0.39, 0.29) is 36.5 Å². The summed E-state index contributed by atoms with van der Waals surface area (Å²) in [6.07, 6.45) is -0.318. The molecule has 1 aliphatic carbocycles. The molecule has 0 radical (unpaired) electrons. The van der Waals surface area contributed by atoms with Crippen molar-refractivity contribution >= 4 is 29.3 Å². The number of rotatable bonds is 9. The molecule has 2 atom stereocenters. The molecule has 0 fully saturated rings. The highest BCUT2D eigenvalue weighted by Crippen LogP contribution is 2.44. The number of hydrogen-bond acceptors (Lipinski definition) is 6. The van der Waals surface area contributed by atoms with Crippen molar-refractivity contribution in [2.75, 3.05) is 13.2 Å². The molecule has 0 saturated carbocycles. The van der Waals surface area contributed by atoms with E-state index < -0.39 is 18.1 Å². The van der Waals surface area contributed by atoms with Gasteiger partial charge in [0.05, 0.1) is 6.04 Å². The number of nitrogens with one attached hydrogen (secondary N) is 2. The molecule has 0 bridgehead atoms. The summed E-state index contributed by atoms with van der Waals surface area (Å²) in [5.74, 6) is -1.43. The zero-order valence-electron chi connectivity index (χ0n) is 19.5. The van der Waals surface area contributed by atoms with Gasteiger partial charge < -0.3 is 20.5 Å². The van der Waals surface area contributed by atoms with Gasteiger partial charge in [-0.1, -0.05) is 55.5 Å². The first-order valence-electron chi connectivity index (χ1n) is 11.4. The van der Waals surface area contributed by atoms with E-state index in [0.29, 0.717) is 11.6 Å². The Labute approximate surface area is 207 Å². The molecule has 2 amide bonds. The standard InChI is InChI=1S/C26H27N3O5S/c1-15(11-23(30)28-16(2)24-29-22(14-35-24)25(31)32)12-27-26(33)34-13-21-19-9-5-3-7-17(19)18-8-4-6-10-20(18)21/h3-10,14-16,21H,11-13H2,1-2H3,(H,27,33)(H,28,30)(H,31,32). The van der Waals surface area contributed by atoms with E-state index >= 15 is 0 Å². The number of nitrogens with zero attached hydrogens (tertiary/aromatic N) is 1. The fourth-order valence-electron chi connectivity index (χ4n) is 4.24. The first kappa shape index (κ1) is 24.4. The number of ether oxygens (including phenoxy) is 1. The molecule has 1 heterocycles. The molecule has 3 aromatic rings. The van der Waals surface area contributed by atoms with E-state index in [1.807, 2.05) is 31.2 Å². The Morgan fingerprint density at radius 3 is 2.29 bits per heavy atom. The summed E-state index contributed by atoms with van der Waals surface area (Å²) in [7, 11) is 0. The number of aromatic carboxylic acids is 1. The zero-order valence-corrected chi connectivity index (χ0v) is 20.3. The van der Waals surface area contributed by atoms with Gasteiger partial charge in [0, 0.05) is 24.3 Å². The molecule has 0 saturated heterocycles. The Bertz CT molecular complexity index is 1200. The van der Waals surface area contributed by atoms with Crippen molar-refractivity contribution in [1.29, 1.82) is 0 Å². The molecule has 9 heteroatoms. The number of carbonyl (C=O) groups excluding carboxylic acids is 2. The van der Waals surface area contributed by atoms with Crippen molar-refractivity contribution in [1.82, 2.24) is 15.6 Å². The first-order valence-corrected chi connectivity index (χ1v) is 12.3. The van der Waals surface area contributed by atoms with Crippen LogP contribution >= 0.6 is 11.3 Å². The predicted octanol–water partition coefficient (Wildman–Crippen LogP) is 4.58. The minimum Gasteiger partial charge on any atom is -0.476 e. The van der Waals surface area contributed by atoms with Crippen LogP contribution in [0.1, 0.15) is 58.9 Å². The Morgan fingerprint density at radius 1 is 1.06 bits per heavy atom. The van der Waals surface area contributed by atoms with Crippen LogP contribution in [-0.2, 0) is 9.53 Å². The quantitative estimate of drug-likeness (QED) is 0.402. The summed E-state index contributed by atoms with van der Waals surface area (Å²) in [4.78, 5) is 39.7. The van der Waals surface area contributed by atoms with Crippen LogP contribution in [0.2, 0.25) is 0 Å². The number of carboxylic acids is 1. The maximum atomic E-state index is 12.4. The lowest BCUT2D eigenvalue weighted by Gasteiger charge is -2.17. The third-order valence-electron chi connectivity index (χ3n) is 5.96. The van der Waals surface area contributed by atoms with Crippen molar-refractivity contribution < 1.29 is 24.2 Å². The number of aromatic nitrogens is 1. The molecule has 1 aromatic heterocycles. The summed E-state index contributed by atoms with van der Waals surface area (Å²) >= 11 is 1.19. The summed E-state index contributed by atoms with van der Waals surface area (Å²) in [5, 5.41) is 16.5. The van der Waals surface area contributed by atoms with Gasteiger partial charge in [-0.25, -0.2) is 14.6 Å². The minimum atomic E-state index is -1.10. The second-order valence-electron chi connectivity index (χ2n) is 8.68. The van der Waals surface area contributed by atoms with E-state index in [4.69, 9.17) is 9.84 Å². The van der Waals surface area contributed by atoms with Crippen LogP contribution in [0.3, 0.4) is 0 Å². The maximum absolute atomic E-state index is 12.4. The number of fused-ring (bicyclic) bond motifs is 3. The van der Waals surface area contributed by atoms with Crippen LogP contribution in [0.5, 0.6) is 0 Å². The van der Waals surface area contributed by atoms with Crippen molar-refractivity contribution in [3.05, 3.63) is 75.7 Å². The Balaban J connectivity index is 1.22. The number of alkyl carbamates (subject to hydrolysis) is 1. The van der Waals surface area contributed by atoms with Gasteiger partial charge in [-0.2, -0.15) is 0 Å². The number of amides is 2. The van der Waals surface area contributed by atoms with Crippen LogP contribution in [0.15, 0.2) is 53.9 Å². The van der Waals surface area contributed by atoms with Gasteiger partial charge in [-0.15, -0.1) is 11.3 Å². The molecule has 35 heavy (non-hydrogen) atoms. The summed E-state index contributed by atoms with van der Waals surface area (Å²) < 4.78 is 5.53. The summed E-state index contributed by atoms with van der Waals surface area (Å²) in [5.41, 5.74) is 4.60. The smallest absolute Gasteiger partial charge is 0.407 e. The van der Waals surface area contributed by atoms with Gasteiger partial charge in [0.15, 0.2) is 5.69 Å². The SMILES string of the molecule is CC(CNC(=O)OCC1c2ccccc2-c2ccccc21)CC(=O)NC(C)c1nc(C(=O)O)cs1. The molecule has 4 rings (SSSR count). The van der Waals surface area contributed by atoms with Gasteiger partial charge in [0.25, 0.3) is 0 Å². The van der Waals surface area contributed by atoms with Crippen LogP contribution in [0.4, 0.5) is 4.79 Å². The molecular formula is C26H27N3O5S. The van der Waals surface area contributed by atoms with Crippen molar-refractivity contribution in [2.45, 2.75) is 32.2 Å². The van der Waals surface area contributed by atoms with Crippen molar-refractivity contribution in [3.8, 4) is 11.1 Å². The molecule has 8 nitrogen and oxygen atoms in total. The number of carbonyl (C=O) groups is 3. The van der Waals surface area contributed by atoms with E-state index in [2.05, 4.69) is 39.9 Å². The highest BCUT2D eigenvalue weighted by Gasteiger charge is 2.29. The van der Waals surface area contributed by atoms with Crippen LogP contribution in [-0.4, -0.2) is 41.2 Å². The molecule has 3 N–H and O–H groups in total. The minimum absolute atomic E-state index is 0.00894. The fourth-order valence-corrected chi connectivity index (χ4v) is 5.04. The lowest BCUT2D eigenvalue weighted by Crippen LogP contribution is -2.33. The van der Waals surface area contributed by atoms with Gasteiger partial charge >= 0.3 is 12.1 Å². The Hall–Kier alpha value is -3.72. The average molecular weight is 494 g/mol. The Kier molecular flexibility index (Phi) is 7.45. The molecule has 2 unspecified atom stereocenters. The van der Waals surface area contributed by atoms with Gasteiger partial charge in [0.1, 0.15) is 11.6 Å². The fraction of sp³-hybridized carbons (Fsp3) is 0.308. The lowest BCUT2D eigenvalue weighted by molar-refractivity contribution is -0.122. The summed E-state index contributed by atoms with van der Waals surface area (Å²) in [6.45, 7) is 4.14. The number of carboxylic acid groups (broad SMARTS) is 1. The normalized spacial score (nSPS) is 13.9. The molecule has 0 spiro atoms. The van der Waals surface area contributed by atoms with E-state index in [9.17, 15) is 14.4 Å². The molecule has 0 aliphatic heterocycles. The number of hydrogen-bond donors (Lipinski definition) is 3. The van der Waals surface area contributed by atoms with Gasteiger partial charge in [-0.3, -0.25) is 4.79 Å². The highest BCUT2D eigenvalue weighted by atomic mass is 32.1. The summed E-state index contributed by atoms with van der Waals surface area (Å²) in [6, 6.07) is 15.9.